The Morgan fingerprint density at radius 2 is 1.93 bits per heavy atom. The second-order valence-corrected chi connectivity index (χ2v) is 7.62. The molecule has 0 saturated heterocycles. The molecule has 0 N–H and O–H groups in total. The van der Waals surface area contributed by atoms with Gasteiger partial charge >= 0.3 is 0 Å². The molecule has 1 amide bonds. The number of ether oxygens (including phenoxy) is 1. The fourth-order valence-electron chi connectivity index (χ4n) is 3.78. The predicted molar refractivity (Wildman–Crippen MR) is 109 cm³/mol. The predicted octanol–water partition coefficient (Wildman–Crippen LogP) is 4.08. The summed E-state index contributed by atoms with van der Waals surface area (Å²) in [6.07, 6.45) is 1.15. The third-order valence-electron chi connectivity index (χ3n) is 5.10. The zero-order valence-corrected chi connectivity index (χ0v) is 16.8. The van der Waals surface area contributed by atoms with E-state index in [0.717, 1.165) is 34.8 Å². The van der Waals surface area contributed by atoms with E-state index >= 15 is 0 Å². The first-order valence-electron chi connectivity index (χ1n) is 9.58. The molecule has 1 aliphatic heterocycles. The van der Waals surface area contributed by atoms with Crippen molar-refractivity contribution >= 4 is 5.91 Å². The van der Waals surface area contributed by atoms with Gasteiger partial charge in [0.05, 0.1) is 11.4 Å². The maximum Gasteiger partial charge on any atom is 0.253 e. The lowest BCUT2D eigenvalue weighted by Gasteiger charge is -2.18. The number of rotatable bonds is 4. The summed E-state index contributed by atoms with van der Waals surface area (Å²) < 4.78 is 7.64. The highest BCUT2D eigenvalue weighted by atomic mass is 16.5. The average Bonchev–Trinajstić information content (AvgIpc) is 3.21. The third-order valence-corrected chi connectivity index (χ3v) is 5.10. The first-order valence-corrected chi connectivity index (χ1v) is 9.58. The van der Waals surface area contributed by atoms with Crippen LogP contribution in [0.2, 0.25) is 0 Å². The molecule has 0 radical (unpaired) electrons. The van der Waals surface area contributed by atoms with E-state index in [-0.39, 0.29) is 12.0 Å². The van der Waals surface area contributed by atoms with Crippen LogP contribution < -0.4 is 4.74 Å². The number of aryl methyl sites for hydroxylation is 2. The second-order valence-electron chi connectivity index (χ2n) is 7.62. The molecule has 1 atom stereocenters. The first-order chi connectivity index (χ1) is 13.4. The largest absolute Gasteiger partial charge is 0.490 e. The highest BCUT2D eigenvalue weighted by Crippen LogP contribution is 2.29. The monoisotopic (exact) mass is 375 g/mol. The molecule has 1 aliphatic rings. The molecule has 2 heterocycles. The van der Waals surface area contributed by atoms with Gasteiger partial charge in [-0.1, -0.05) is 12.1 Å². The van der Waals surface area contributed by atoms with Crippen LogP contribution in [0.3, 0.4) is 0 Å². The number of carbonyl (C=O) groups is 1. The van der Waals surface area contributed by atoms with Gasteiger partial charge in [0.25, 0.3) is 5.91 Å². The quantitative estimate of drug-likeness (QED) is 0.690. The van der Waals surface area contributed by atoms with Gasteiger partial charge in [-0.2, -0.15) is 5.10 Å². The summed E-state index contributed by atoms with van der Waals surface area (Å²) >= 11 is 0. The summed E-state index contributed by atoms with van der Waals surface area (Å²) in [5.41, 5.74) is 6.02. The van der Waals surface area contributed by atoms with Crippen molar-refractivity contribution in [2.75, 3.05) is 7.05 Å². The Bertz CT molecular complexity index is 1020. The van der Waals surface area contributed by atoms with E-state index in [1.54, 1.807) is 4.90 Å². The Hall–Kier alpha value is -3.08. The minimum absolute atomic E-state index is 0.00466. The summed E-state index contributed by atoms with van der Waals surface area (Å²) in [5, 5.41) is 4.49. The molecule has 144 valence electrons. The van der Waals surface area contributed by atoms with Gasteiger partial charge in [-0.15, -0.1) is 0 Å². The minimum Gasteiger partial charge on any atom is -0.490 e. The van der Waals surface area contributed by atoms with Crippen LogP contribution in [-0.2, 0) is 13.0 Å². The maximum absolute atomic E-state index is 12.8. The number of hydrogen-bond donors (Lipinski definition) is 0. The molecule has 0 aliphatic carbocycles. The highest BCUT2D eigenvalue weighted by molar-refractivity contribution is 5.94. The lowest BCUT2D eigenvalue weighted by atomic mass is 10.1. The maximum atomic E-state index is 12.8. The Labute approximate surface area is 165 Å². The van der Waals surface area contributed by atoms with Crippen LogP contribution in [0.1, 0.15) is 39.8 Å². The molecular weight excluding hydrogens is 350 g/mol. The lowest BCUT2D eigenvalue weighted by Crippen LogP contribution is -2.26. The van der Waals surface area contributed by atoms with E-state index in [2.05, 4.69) is 18.1 Å². The van der Waals surface area contributed by atoms with Gasteiger partial charge in [0.2, 0.25) is 0 Å². The van der Waals surface area contributed by atoms with Crippen LogP contribution in [0.5, 0.6) is 5.75 Å². The molecule has 3 aromatic rings. The number of aromatic nitrogens is 2. The molecule has 2 aromatic carbocycles. The van der Waals surface area contributed by atoms with Crippen molar-refractivity contribution in [1.29, 1.82) is 0 Å². The molecule has 1 aromatic heterocycles. The van der Waals surface area contributed by atoms with Crippen molar-refractivity contribution < 1.29 is 9.53 Å². The molecule has 0 bridgehead atoms. The van der Waals surface area contributed by atoms with E-state index in [4.69, 9.17) is 4.74 Å². The Kier molecular flexibility index (Phi) is 4.67. The van der Waals surface area contributed by atoms with Crippen LogP contribution in [-0.4, -0.2) is 33.7 Å². The van der Waals surface area contributed by atoms with Gasteiger partial charge < -0.3 is 9.64 Å². The van der Waals surface area contributed by atoms with Crippen LogP contribution in [0.15, 0.2) is 48.5 Å². The van der Waals surface area contributed by atoms with Crippen LogP contribution in [0.25, 0.3) is 5.69 Å². The van der Waals surface area contributed by atoms with E-state index in [1.807, 2.05) is 68.0 Å². The topological polar surface area (TPSA) is 47.4 Å². The van der Waals surface area contributed by atoms with Gasteiger partial charge in [-0.3, -0.25) is 4.79 Å². The molecule has 5 heteroatoms. The summed E-state index contributed by atoms with van der Waals surface area (Å²) in [4.78, 5) is 14.6. The van der Waals surface area contributed by atoms with E-state index < -0.39 is 0 Å². The first kappa shape index (κ1) is 18.3. The summed E-state index contributed by atoms with van der Waals surface area (Å²) in [7, 11) is 1.84. The number of fused-ring (bicyclic) bond motifs is 1. The SMILES string of the molecule is Cc1cc(C)n(-c2ccc(C(=O)N(C)Cc3ccc4c(c3)CC(C)O4)cc2)n1. The van der Waals surface area contributed by atoms with Crippen LogP contribution >= 0.6 is 0 Å². The number of carbonyl (C=O) groups excluding carboxylic acids is 1. The molecule has 0 saturated carbocycles. The molecule has 4 rings (SSSR count). The van der Waals surface area contributed by atoms with Gasteiger partial charge in [0.1, 0.15) is 11.9 Å². The molecule has 0 fully saturated rings. The molecular formula is C23H25N3O2. The average molecular weight is 375 g/mol. The number of benzene rings is 2. The van der Waals surface area contributed by atoms with Crippen molar-refractivity contribution in [3.05, 3.63) is 76.6 Å². The van der Waals surface area contributed by atoms with E-state index in [0.29, 0.717) is 12.1 Å². The van der Waals surface area contributed by atoms with Crippen molar-refractivity contribution in [3.63, 3.8) is 0 Å². The Morgan fingerprint density at radius 3 is 2.61 bits per heavy atom. The zero-order chi connectivity index (χ0) is 19.8. The van der Waals surface area contributed by atoms with Gasteiger partial charge in [-0.25, -0.2) is 4.68 Å². The fourth-order valence-corrected chi connectivity index (χ4v) is 3.78. The molecule has 1 unspecified atom stereocenters. The smallest absolute Gasteiger partial charge is 0.253 e. The molecule has 28 heavy (non-hydrogen) atoms. The van der Waals surface area contributed by atoms with E-state index in [1.165, 1.54) is 5.56 Å². The Morgan fingerprint density at radius 1 is 1.18 bits per heavy atom. The standard InChI is InChI=1S/C23H25N3O2/c1-15-11-16(2)26(24-15)21-8-6-19(7-9-21)23(27)25(4)14-18-5-10-22-20(13-18)12-17(3)28-22/h5-11,13,17H,12,14H2,1-4H3. The van der Waals surface area contributed by atoms with Crippen molar-refractivity contribution in [3.8, 4) is 11.4 Å². The van der Waals surface area contributed by atoms with Gasteiger partial charge in [0, 0.05) is 31.3 Å². The number of nitrogens with zero attached hydrogens (tertiary/aromatic N) is 3. The summed E-state index contributed by atoms with van der Waals surface area (Å²) in [6, 6.07) is 15.8. The van der Waals surface area contributed by atoms with Crippen molar-refractivity contribution in [2.24, 2.45) is 0 Å². The number of hydrogen-bond acceptors (Lipinski definition) is 3. The Balaban J connectivity index is 1.47. The normalized spacial score (nSPS) is 15.2. The van der Waals surface area contributed by atoms with E-state index in [9.17, 15) is 4.79 Å². The summed E-state index contributed by atoms with van der Waals surface area (Å²) in [5.74, 6) is 0.968. The second kappa shape index (κ2) is 7.15. The van der Waals surface area contributed by atoms with Gasteiger partial charge in [-0.05, 0) is 68.3 Å². The van der Waals surface area contributed by atoms with Crippen LogP contribution in [0, 0.1) is 13.8 Å². The van der Waals surface area contributed by atoms with Crippen molar-refractivity contribution in [2.45, 2.75) is 39.8 Å². The van der Waals surface area contributed by atoms with Crippen molar-refractivity contribution in [1.82, 2.24) is 14.7 Å². The summed E-state index contributed by atoms with van der Waals surface area (Å²) in [6.45, 7) is 6.64. The molecule has 0 spiro atoms. The highest BCUT2D eigenvalue weighted by Gasteiger charge is 2.20. The fraction of sp³-hybridized carbons (Fsp3) is 0.304. The number of amides is 1. The third kappa shape index (κ3) is 3.52. The minimum atomic E-state index is 0.00466. The van der Waals surface area contributed by atoms with Crippen LogP contribution in [0.4, 0.5) is 0 Å². The van der Waals surface area contributed by atoms with Gasteiger partial charge in [0.15, 0.2) is 0 Å². The lowest BCUT2D eigenvalue weighted by molar-refractivity contribution is 0.0785. The molecule has 5 nitrogen and oxygen atoms in total. The zero-order valence-electron chi connectivity index (χ0n) is 16.8.